The maximum atomic E-state index is 11.7. The van der Waals surface area contributed by atoms with Crippen molar-refractivity contribution in [3.8, 4) is 0 Å². The normalized spacial score (nSPS) is 22.8. The Labute approximate surface area is 130 Å². The fourth-order valence-electron chi connectivity index (χ4n) is 2.78. The molecule has 0 bridgehead atoms. The van der Waals surface area contributed by atoms with Crippen molar-refractivity contribution in [1.29, 1.82) is 0 Å². The van der Waals surface area contributed by atoms with Crippen molar-refractivity contribution >= 4 is 25.8 Å². The lowest BCUT2D eigenvalue weighted by molar-refractivity contribution is 0.379. The van der Waals surface area contributed by atoms with Crippen molar-refractivity contribution < 1.29 is 8.42 Å². The molecule has 2 unspecified atom stereocenters. The summed E-state index contributed by atoms with van der Waals surface area (Å²) in [6, 6.07) is 8.42. The SMILES string of the molecule is CCCNC(Cc1ccccc1Br)C1CCS(=O)(=O)C1. The molecule has 1 aliphatic rings. The van der Waals surface area contributed by atoms with Gasteiger partial charge in [-0.25, -0.2) is 8.42 Å². The topological polar surface area (TPSA) is 46.2 Å². The van der Waals surface area contributed by atoms with Crippen LogP contribution in [0.5, 0.6) is 0 Å². The highest BCUT2D eigenvalue weighted by Gasteiger charge is 2.33. The summed E-state index contributed by atoms with van der Waals surface area (Å²) in [6.45, 7) is 3.07. The molecule has 3 nitrogen and oxygen atoms in total. The number of benzene rings is 1. The van der Waals surface area contributed by atoms with E-state index in [0.29, 0.717) is 11.5 Å². The summed E-state index contributed by atoms with van der Waals surface area (Å²) in [4.78, 5) is 0. The van der Waals surface area contributed by atoms with E-state index >= 15 is 0 Å². The number of rotatable bonds is 6. The molecule has 1 aromatic rings. The number of halogens is 1. The first-order valence-electron chi connectivity index (χ1n) is 7.19. The zero-order chi connectivity index (χ0) is 14.6. The zero-order valence-electron chi connectivity index (χ0n) is 11.8. The van der Waals surface area contributed by atoms with E-state index in [0.717, 1.165) is 30.3 Å². The number of hydrogen-bond acceptors (Lipinski definition) is 3. The van der Waals surface area contributed by atoms with Gasteiger partial charge in [-0.05, 0) is 43.4 Å². The Kier molecular flexibility index (Phi) is 5.64. The molecular weight excluding hydrogens is 338 g/mol. The number of sulfone groups is 1. The highest BCUT2D eigenvalue weighted by Crippen LogP contribution is 2.26. The van der Waals surface area contributed by atoms with Gasteiger partial charge in [0.2, 0.25) is 0 Å². The lowest BCUT2D eigenvalue weighted by Gasteiger charge is -2.24. The average Bonchev–Trinajstić information content (AvgIpc) is 2.77. The molecule has 1 aliphatic heterocycles. The van der Waals surface area contributed by atoms with E-state index in [1.165, 1.54) is 5.56 Å². The van der Waals surface area contributed by atoms with E-state index < -0.39 is 9.84 Å². The van der Waals surface area contributed by atoms with Crippen molar-refractivity contribution in [2.45, 2.75) is 32.2 Å². The van der Waals surface area contributed by atoms with Gasteiger partial charge in [0, 0.05) is 10.5 Å². The summed E-state index contributed by atoms with van der Waals surface area (Å²) in [5.41, 5.74) is 1.24. The minimum atomic E-state index is -2.82. The Morgan fingerprint density at radius 2 is 2.15 bits per heavy atom. The Morgan fingerprint density at radius 3 is 2.75 bits per heavy atom. The molecule has 5 heteroatoms. The van der Waals surface area contributed by atoms with Gasteiger partial charge in [0.05, 0.1) is 11.5 Å². The zero-order valence-corrected chi connectivity index (χ0v) is 14.2. The second-order valence-electron chi connectivity index (χ2n) is 5.52. The van der Waals surface area contributed by atoms with Crippen molar-refractivity contribution in [1.82, 2.24) is 5.32 Å². The van der Waals surface area contributed by atoms with Gasteiger partial charge in [-0.3, -0.25) is 0 Å². The Morgan fingerprint density at radius 1 is 1.40 bits per heavy atom. The van der Waals surface area contributed by atoms with Crippen molar-refractivity contribution in [2.75, 3.05) is 18.1 Å². The fourth-order valence-corrected chi connectivity index (χ4v) is 5.10. The van der Waals surface area contributed by atoms with Crippen LogP contribution in [0.4, 0.5) is 0 Å². The third-order valence-corrected chi connectivity index (χ3v) is 6.46. The lowest BCUT2D eigenvalue weighted by Crippen LogP contribution is -2.39. The van der Waals surface area contributed by atoms with Crippen LogP contribution in [0.2, 0.25) is 0 Å². The third-order valence-electron chi connectivity index (χ3n) is 3.89. The lowest BCUT2D eigenvalue weighted by atomic mass is 9.93. The van der Waals surface area contributed by atoms with Gasteiger partial charge in [0.15, 0.2) is 9.84 Å². The summed E-state index contributed by atoms with van der Waals surface area (Å²) in [5.74, 6) is 0.912. The van der Waals surface area contributed by atoms with Crippen molar-refractivity contribution in [3.63, 3.8) is 0 Å². The second kappa shape index (κ2) is 7.05. The molecule has 1 fully saturated rings. The van der Waals surface area contributed by atoms with Gasteiger partial charge in [-0.1, -0.05) is 41.1 Å². The van der Waals surface area contributed by atoms with E-state index in [1.807, 2.05) is 18.2 Å². The Bertz CT molecular complexity index is 545. The monoisotopic (exact) mass is 359 g/mol. The van der Waals surface area contributed by atoms with E-state index in [1.54, 1.807) is 0 Å². The first kappa shape index (κ1) is 16.0. The first-order chi connectivity index (χ1) is 9.52. The molecule has 0 amide bonds. The summed E-state index contributed by atoms with van der Waals surface area (Å²) in [6.07, 6.45) is 2.72. The van der Waals surface area contributed by atoms with Gasteiger partial charge in [0.25, 0.3) is 0 Å². The molecule has 0 saturated carbocycles. The summed E-state index contributed by atoms with van der Waals surface area (Å²) in [7, 11) is -2.82. The summed E-state index contributed by atoms with van der Waals surface area (Å²) in [5, 5.41) is 3.54. The molecule has 20 heavy (non-hydrogen) atoms. The maximum Gasteiger partial charge on any atom is 0.150 e. The van der Waals surface area contributed by atoms with Crippen LogP contribution in [0, 0.1) is 5.92 Å². The molecule has 0 spiro atoms. The fraction of sp³-hybridized carbons (Fsp3) is 0.600. The molecule has 0 aliphatic carbocycles. The van der Waals surface area contributed by atoms with Crippen LogP contribution < -0.4 is 5.32 Å². The van der Waals surface area contributed by atoms with Crippen molar-refractivity contribution in [3.05, 3.63) is 34.3 Å². The van der Waals surface area contributed by atoms with Gasteiger partial charge >= 0.3 is 0 Å². The number of nitrogens with one attached hydrogen (secondary N) is 1. The van der Waals surface area contributed by atoms with Gasteiger partial charge < -0.3 is 5.32 Å². The molecule has 0 radical (unpaired) electrons. The smallest absolute Gasteiger partial charge is 0.150 e. The quantitative estimate of drug-likeness (QED) is 0.849. The van der Waals surface area contributed by atoms with Crippen LogP contribution in [0.3, 0.4) is 0 Å². The average molecular weight is 360 g/mol. The molecule has 2 rings (SSSR count). The standard InChI is InChI=1S/C15H22BrNO2S/c1-2-8-17-15(13-7-9-20(18,19)11-13)10-12-5-3-4-6-14(12)16/h3-6,13,15,17H,2,7-11H2,1H3. The van der Waals surface area contributed by atoms with Crippen LogP contribution in [0.1, 0.15) is 25.3 Å². The summed E-state index contributed by atoms with van der Waals surface area (Å²) < 4.78 is 24.5. The molecule has 0 aromatic heterocycles. The van der Waals surface area contributed by atoms with E-state index in [-0.39, 0.29) is 12.0 Å². The molecule has 1 N–H and O–H groups in total. The Balaban J connectivity index is 2.10. The van der Waals surface area contributed by atoms with Crippen LogP contribution in [-0.4, -0.2) is 32.5 Å². The second-order valence-corrected chi connectivity index (χ2v) is 8.60. The van der Waals surface area contributed by atoms with Gasteiger partial charge in [-0.2, -0.15) is 0 Å². The highest BCUT2D eigenvalue weighted by atomic mass is 79.9. The molecule has 2 atom stereocenters. The van der Waals surface area contributed by atoms with E-state index in [4.69, 9.17) is 0 Å². The highest BCUT2D eigenvalue weighted by molar-refractivity contribution is 9.10. The van der Waals surface area contributed by atoms with Crippen LogP contribution >= 0.6 is 15.9 Å². The minimum Gasteiger partial charge on any atom is -0.313 e. The summed E-state index contributed by atoms with van der Waals surface area (Å²) >= 11 is 3.58. The molecule has 1 heterocycles. The van der Waals surface area contributed by atoms with Gasteiger partial charge in [-0.15, -0.1) is 0 Å². The van der Waals surface area contributed by atoms with Crippen LogP contribution in [-0.2, 0) is 16.3 Å². The van der Waals surface area contributed by atoms with E-state index in [9.17, 15) is 8.42 Å². The predicted octanol–water partition coefficient (Wildman–Crippen LogP) is 2.79. The molecule has 1 aromatic carbocycles. The maximum absolute atomic E-state index is 11.7. The van der Waals surface area contributed by atoms with Gasteiger partial charge in [0.1, 0.15) is 0 Å². The largest absolute Gasteiger partial charge is 0.313 e. The molecule has 112 valence electrons. The Hall–Kier alpha value is -0.390. The van der Waals surface area contributed by atoms with Crippen LogP contribution in [0.25, 0.3) is 0 Å². The first-order valence-corrected chi connectivity index (χ1v) is 9.80. The van der Waals surface area contributed by atoms with Crippen LogP contribution in [0.15, 0.2) is 28.7 Å². The predicted molar refractivity (Wildman–Crippen MR) is 86.7 cm³/mol. The number of hydrogen-bond donors (Lipinski definition) is 1. The minimum absolute atomic E-state index is 0.235. The van der Waals surface area contributed by atoms with Crippen molar-refractivity contribution in [2.24, 2.45) is 5.92 Å². The van der Waals surface area contributed by atoms with E-state index in [2.05, 4.69) is 34.2 Å². The molecular formula is C15H22BrNO2S. The molecule has 1 saturated heterocycles. The third kappa shape index (κ3) is 4.30.